The minimum absolute atomic E-state index is 0.00449. The van der Waals surface area contributed by atoms with Crippen molar-refractivity contribution >= 4 is 18.1 Å². The maximum atomic E-state index is 12.8. The Morgan fingerprint density at radius 2 is 1.68 bits per heavy atom. The molecule has 1 aliphatic heterocycles. The molecule has 0 spiro atoms. The molecule has 0 saturated carbocycles. The van der Waals surface area contributed by atoms with Crippen LogP contribution in [0.4, 0.5) is 0 Å². The van der Waals surface area contributed by atoms with Gasteiger partial charge in [0.1, 0.15) is 14.1 Å². The first-order valence-corrected chi connectivity index (χ1v) is 12.6. The molecule has 0 aliphatic carbocycles. The fraction of sp³-hybridized carbons (Fsp3) is 0.529. The molecule has 1 unspecified atom stereocenters. The topological polar surface area (TPSA) is 37.1 Å². The highest BCUT2D eigenvalue weighted by molar-refractivity contribution is 7.89. The lowest BCUT2D eigenvalue weighted by Crippen LogP contribution is -2.18. The summed E-state index contributed by atoms with van der Waals surface area (Å²) in [6.45, 7) is 12.6. The van der Waals surface area contributed by atoms with Gasteiger partial charge in [-0.25, -0.2) is 8.42 Å². The van der Waals surface area contributed by atoms with E-state index < -0.39 is 18.1 Å². The molecule has 0 radical (unpaired) electrons. The minimum atomic E-state index is -3.45. The number of aryl methyl sites for hydroxylation is 1. The van der Waals surface area contributed by atoms with Crippen molar-refractivity contribution in [3.63, 3.8) is 0 Å². The molecule has 0 bridgehead atoms. The van der Waals surface area contributed by atoms with Gasteiger partial charge in [0.25, 0.3) is 0 Å². The lowest BCUT2D eigenvalue weighted by molar-refractivity contribution is 0.517. The Balaban J connectivity index is 2.33. The summed E-state index contributed by atoms with van der Waals surface area (Å²) in [7, 11) is -4.95. The van der Waals surface area contributed by atoms with Crippen LogP contribution in [0.5, 0.6) is 0 Å². The largest absolute Gasteiger partial charge is 0.244 e. The third-order valence-corrected chi connectivity index (χ3v) is 6.46. The van der Waals surface area contributed by atoms with Gasteiger partial charge in [0.05, 0.1) is 10.9 Å². The highest BCUT2D eigenvalue weighted by Gasteiger charge is 2.56. The summed E-state index contributed by atoms with van der Waals surface area (Å²) in [6.07, 6.45) is 0. The first kappa shape index (κ1) is 17.3. The van der Waals surface area contributed by atoms with Gasteiger partial charge in [0, 0.05) is 0 Å². The average molecular weight is 336 g/mol. The van der Waals surface area contributed by atoms with Crippen molar-refractivity contribution < 1.29 is 8.42 Å². The molecule has 3 atom stereocenters. The number of rotatable bonds is 3. The Kier molecular flexibility index (Phi) is 4.58. The summed E-state index contributed by atoms with van der Waals surface area (Å²) < 4.78 is 27.2. The fourth-order valence-electron chi connectivity index (χ4n) is 2.47. The minimum Gasteiger partial charge on any atom is -0.207 e. The van der Waals surface area contributed by atoms with E-state index in [-0.39, 0.29) is 18.0 Å². The van der Waals surface area contributed by atoms with Crippen molar-refractivity contribution in [2.45, 2.75) is 57.4 Å². The molecule has 1 heterocycles. The van der Waals surface area contributed by atoms with E-state index in [2.05, 4.69) is 45.0 Å². The number of sulfonamides is 1. The molecule has 3 nitrogen and oxygen atoms in total. The molecule has 1 saturated heterocycles. The van der Waals surface area contributed by atoms with Crippen LogP contribution in [0.3, 0.4) is 0 Å². The van der Waals surface area contributed by atoms with Crippen LogP contribution in [-0.4, -0.2) is 32.9 Å². The third kappa shape index (κ3) is 3.62. The zero-order valence-electron chi connectivity index (χ0n) is 14.2. The van der Waals surface area contributed by atoms with Crippen LogP contribution in [0, 0.1) is 24.3 Å². The molecular formula is C17H25NO2SSi. The van der Waals surface area contributed by atoms with Crippen molar-refractivity contribution in [1.29, 1.82) is 0 Å². The summed E-state index contributed by atoms with van der Waals surface area (Å²) in [5, 5.41) is 0. The maximum Gasteiger partial charge on any atom is 0.244 e. The van der Waals surface area contributed by atoms with Gasteiger partial charge in [0.2, 0.25) is 10.0 Å². The quantitative estimate of drug-likeness (QED) is 0.483. The van der Waals surface area contributed by atoms with Crippen LogP contribution in [-0.2, 0) is 10.0 Å². The van der Waals surface area contributed by atoms with Gasteiger partial charge in [-0.3, -0.25) is 0 Å². The zero-order valence-corrected chi connectivity index (χ0v) is 16.0. The van der Waals surface area contributed by atoms with Crippen molar-refractivity contribution in [3.05, 3.63) is 29.8 Å². The molecule has 1 fully saturated rings. The lowest BCUT2D eigenvalue weighted by atomic mass is 10.1. The second-order valence-corrected chi connectivity index (χ2v) is 13.9. The first-order chi connectivity index (χ1) is 10.0. The zero-order chi connectivity index (χ0) is 16.7. The standard InChI is InChI=1S/C17H25NO2SSi/c1-13(2)17-16(11-12-22(4,5)6)18(17)21(19,20)15-9-7-14(3)8-10-15/h7-10,13,16-17H,1-6H3/t16-,17+,18?/m1/s1. The Bertz CT molecular complexity index is 706. The van der Waals surface area contributed by atoms with Crippen LogP contribution in [0.1, 0.15) is 19.4 Å². The van der Waals surface area contributed by atoms with E-state index in [1.165, 1.54) is 0 Å². The predicted molar refractivity (Wildman–Crippen MR) is 93.7 cm³/mol. The fourth-order valence-corrected chi connectivity index (χ4v) is 4.87. The average Bonchev–Trinajstić information content (AvgIpc) is 3.11. The number of nitrogens with zero attached hydrogens (tertiary/aromatic N) is 1. The van der Waals surface area contributed by atoms with Crippen LogP contribution in [0.2, 0.25) is 19.6 Å². The molecule has 22 heavy (non-hydrogen) atoms. The van der Waals surface area contributed by atoms with E-state index in [0.29, 0.717) is 4.90 Å². The smallest absolute Gasteiger partial charge is 0.207 e. The van der Waals surface area contributed by atoms with Crippen molar-refractivity contribution in [2.24, 2.45) is 5.92 Å². The summed E-state index contributed by atoms with van der Waals surface area (Å²) in [5.41, 5.74) is 4.37. The highest BCUT2D eigenvalue weighted by Crippen LogP contribution is 2.39. The van der Waals surface area contributed by atoms with Gasteiger partial charge in [-0.1, -0.05) is 57.1 Å². The molecule has 120 valence electrons. The molecular weight excluding hydrogens is 310 g/mol. The molecule has 1 aromatic carbocycles. The SMILES string of the molecule is Cc1ccc(S(=O)(=O)N2[C@H](C#C[Si](C)(C)C)[C@@H]2C(C)C)cc1. The summed E-state index contributed by atoms with van der Waals surface area (Å²) in [4.78, 5) is 0.362. The Morgan fingerprint density at radius 1 is 1.14 bits per heavy atom. The van der Waals surface area contributed by atoms with Gasteiger partial charge < -0.3 is 0 Å². The van der Waals surface area contributed by atoms with Crippen LogP contribution in [0.15, 0.2) is 29.2 Å². The summed E-state index contributed by atoms with van der Waals surface area (Å²) in [6, 6.07) is 6.87. The van der Waals surface area contributed by atoms with E-state index in [9.17, 15) is 8.42 Å². The summed E-state index contributed by atoms with van der Waals surface area (Å²) in [5.74, 6) is 3.49. The predicted octanol–water partition coefficient (Wildman–Crippen LogP) is 3.27. The van der Waals surface area contributed by atoms with E-state index in [1.54, 1.807) is 16.4 Å². The molecule has 1 aliphatic rings. The molecule has 0 N–H and O–H groups in total. The van der Waals surface area contributed by atoms with Gasteiger partial charge >= 0.3 is 0 Å². The molecule has 2 rings (SSSR count). The second kappa shape index (κ2) is 5.84. The number of hydrogen-bond acceptors (Lipinski definition) is 2. The molecule has 0 aromatic heterocycles. The lowest BCUT2D eigenvalue weighted by Gasteiger charge is -2.08. The van der Waals surface area contributed by atoms with Crippen LogP contribution in [0.25, 0.3) is 0 Å². The van der Waals surface area contributed by atoms with Crippen molar-refractivity contribution in [2.75, 3.05) is 0 Å². The number of hydrogen-bond donors (Lipinski definition) is 0. The molecule has 1 aromatic rings. The van der Waals surface area contributed by atoms with Gasteiger partial charge in [-0.15, -0.1) is 5.54 Å². The van der Waals surface area contributed by atoms with E-state index in [0.717, 1.165) is 5.56 Å². The monoisotopic (exact) mass is 335 g/mol. The van der Waals surface area contributed by atoms with Gasteiger partial charge in [0.15, 0.2) is 0 Å². The molecule has 5 heteroatoms. The second-order valence-electron chi connectivity index (χ2n) is 7.35. The Labute approximate surface area is 135 Å². The third-order valence-electron chi connectivity index (χ3n) is 3.68. The summed E-state index contributed by atoms with van der Waals surface area (Å²) >= 11 is 0. The van der Waals surface area contributed by atoms with Crippen LogP contribution >= 0.6 is 0 Å². The van der Waals surface area contributed by atoms with E-state index in [4.69, 9.17) is 0 Å². The van der Waals surface area contributed by atoms with Crippen LogP contribution < -0.4 is 0 Å². The van der Waals surface area contributed by atoms with E-state index in [1.807, 2.05) is 19.1 Å². The normalized spacial score (nSPS) is 24.8. The van der Waals surface area contributed by atoms with E-state index >= 15 is 0 Å². The Hall–Kier alpha value is -1.09. The van der Waals surface area contributed by atoms with Gasteiger partial charge in [-0.2, -0.15) is 4.31 Å². The number of benzene rings is 1. The maximum absolute atomic E-state index is 12.8. The van der Waals surface area contributed by atoms with Crippen molar-refractivity contribution in [3.8, 4) is 11.5 Å². The van der Waals surface area contributed by atoms with Gasteiger partial charge in [-0.05, 0) is 25.0 Å². The molecule has 0 amide bonds. The highest BCUT2D eigenvalue weighted by atomic mass is 32.2. The van der Waals surface area contributed by atoms with Crippen molar-refractivity contribution in [1.82, 2.24) is 4.31 Å². The Morgan fingerprint density at radius 3 is 2.14 bits per heavy atom. The first-order valence-electron chi connectivity index (χ1n) is 7.67.